The lowest BCUT2D eigenvalue weighted by Gasteiger charge is -2.49. The lowest BCUT2D eigenvalue weighted by molar-refractivity contribution is -0.893. The number of carboxylic acids is 1. The molecule has 2 saturated heterocycles. The van der Waals surface area contributed by atoms with Crippen molar-refractivity contribution >= 4 is 64.1 Å². The maximum Gasteiger partial charge on any atom is 0.352 e. The molecule has 0 aliphatic carbocycles. The molecule has 11 nitrogen and oxygen atoms in total. The Morgan fingerprint density at radius 3 is 2.65 bits per heavy atom. The molecular formula is C19H26Cl2N6O5S2. The molecule has 34 heavy (non-hydrogen) atoms. The van der Waals surface area contributed by atoms with Crippen molar-refractivity contribution in [1.29, 1.82) is 0 Å². The molecule has 4 rings (SSSR count). The minimum atomic E-state index is -1.12. The number of aliphatic carboxylic acids is 1. The Balaban J connectivity index is 0.00000204. The number of quaternary nitrogens is 1. The van der Waals surface area contributed by atoms with E-state index >= 15 is 0 Å². The molecule has 2 amide bonds. The number of amides is 2. The second-order valence-corrected chi connectivity index (χ2v) is 10.2. The number of carboxylic acid groups (broad SMARTS) is 1. The third-order valence-electron chi connectivity index (χ3n) is 5.92. The number of likely N-dealkylation sites (N-methyl/N-ethyl adjacent to an activating group) is 1. The minimum Gasteiger partial charge on any atom is -1.00 e. The van der Waals surface area contributed by atoms with E-state index < -0.39 is 29.2 Å². The van der Waals surface area contributed by atoms with E-state index in [4.69, 9.17) is 10.6 Å². The number of anilines is 1. The number of thiazole rings is 1. The van der Waals surface area contributed by atoms with Gasteiger partial charge in [-0.15, -0.1) is 35.5 Å². The van der Waals surface area contributed by atoms with Gasteiger partial charge in [-0.1, -0.05) is 5.16 Å². The van der Waals surface area contributed by atoms with Crippen LogP contribution < -0.4 is 23.5 Å². The van der Waals surface area contributed by atoms with Crippen LogP contribution in [0.1, 0.15) is 18.5 Å². The molecule has 0 saturated carbocycles. The number of nitrogens with zero attached hydrogens (tertiary/aromatic N) is 4. The molecule has 2 fully saturated rings. The first-order chi connectivity index (χ1) is 15.2. The summed E-state index contributed by atoms with van der Waals surface area (Å²) >= 11 is 2.61. The Bertz CT molecular complexity index is 1030. The third kappa shape index (κ3) is 5.28. The minimum absolute atomic E-state index is 0. The lowest BCUT2D eigenvalue weighted by Crippen LogP contribution is -3.00. The van der Waals surface area contributed by atoms with Crippen LogP contribution in [0.2, 0.25) is 0 Å². The SMILES string of the molecule is CO/N=C(\C(=O)N[C@@H]1C(=O)N2C(C(=O)O)=C(C[N+]3(C)CCCC3)CS[C@H]12)c1csc(N)n1.Cl.[Cl-]. The summed E-state index contributed by atoms with van der Waals surface area (Å²) in [6.45, 7) is 2.61. The maximum absolute atomic E-state index is 12.9. The van der Waals surface area contributed by atoms with E-state index in [0.717, 1.165) is 47.3 Å². The molecule has 1 aromatic rings. The Morgan fingerprint density at radius 2 is 2.09 bits per heavy atom. The van der Waals surface area contributed by atoms with Crippen LogP contribution in [0.25, 0.3) is 0 Å². The zero-order chi connectivity index (χ0) is 23.0. The highest BCUT2D eigenvalue weighted by Gasteiger charge is 2.55. The molecule has 0 bridgehead atoms. The fourth-order valence-electron chi connectivity index (χ4n) is 4.42. The lowest BCUT2D eigenvalue weighted by atomic mass is 10.0. The van der Waals surface area contributed by atoms with E-state index in [-0.39, 0.29) is 47.0 Å². The van der Waals surface area contributed by atoms with Gasteiger partial charge in [-0.3, -0.25) is 14.5 Å². The summed E-state index contributed by atoms with van der Waals surface area (Å²) in [6.07, 6.45) is 2.24. The molecule has 4 N–H and O–H groups in total. The Labute approximate surface area is 217 Å². The number of likely N-dealkylation sites (tertiary alicyclic amines) is 1. The number of fused-ring (bicyclic) bond motifs is 1. The van der Waals surface area contributed by atoms with Gasteiger partial charge in [-0.25, -0.2) is 9.78 Å². The molecule has 2 atom stereocenters. The molecule has 3 aliphatic heterocycles. The van der Waals surface area contributed by atoms with Crippen LogP contribution in [-0.2, 0) is 19.2 Å². The van der Waals surface area contributed by atoms with Gasteiger partial charge in [0.25, 0.3) is 11.8 Å². The van der Waals surface area contributed by atoms with Crippen LogP contribution in [-0.4, -0.2) is 93.9 Å². The monoisotopic (exact) mass is 552 g/mol. The second-order valence-electron chi connectivity index (χ2n) is 8.24. The first-order valence-corrected chi connectivity index (χ1v) is 12.0. The number of halogens is 2. The molecule has 1 aromatic heterocycles. The number of nitrogens with one attached hydrogen (secondary N) is 1. The Morgan fingerprint density at radius 1 is 1.41 bits per heavy atom. The highest BCUT2D eigenvalue weighted by molar-refractivity contribution is 8.00. The molecule has 0 unspecified atom stereocenters. The number of rotatable bonds is 7. The smallest absolute Gasteiger partial charge is 0.352 e. The number of hydrogen-bond donors (Lipinski definition) is 3. The van der Waals surface area contributed by atoms with Crippen molar-refractivity contribution in [3.8, 4) is 0 Å². The number of nitrogens with two attached hydrogens (primary N) is 1. The van der Waals surface area contributed by atoms with Gasteiger partial charge in [-0.05, 0) is 0 Å². The molecular weight excluding hydrogens is 527 g/mol. The van der Waals surface area contributed by atoms with Gasteiger partial charge >= 0.3 is 5.97 Å². The summed E-state index contributed by atoms with van der Waals surface area (Å²) < 4.78 is 0.785. The van der Waals surface area contributed by atoms with Crippen LogP contribution in [0.4, 0.5) is 5.13 Å². The van der Waals surface area contributed by atoms with Crippen LogP contribution >= 0.6 is 35.5 Å². The number of thioether (sulfide) groups is 1. The molecule has 3 aliphatic rings. The predicted molar refractivity (Wildman–Crippen MR) is 127 cm³/mol. The number of aromatic nitrogens is 1. The van der Waals surface area contributed by atoms with Gasteiger partial charge in [0.1, 0.15) is 36.5 Å². The van der Waals surface area contributed by atoms with Gasteiger partial charge in [0, 0.05) is 29.5 Å². The van der Waals surface area contributed by atoms with Crippen molar-refractivity contribution in [3.05, 3.63) is 22.3 Å². The van der Waals surface area contributed by atoms with E-state index in [0.29, 0.717) is 12.3 Å². The average Bonchev–Trinajstić information content (AvgIpc) is 3.37. The van der Waals surface area contributed by atoms with Crippen molar-refractivity contribution < 1.29 is 41.2 Å². The van der Waals surface area contributed by atoms with Crippen molar-refractivity contribution in [2.24, 2.45) is 5.16 Å². The number of nitrogen functional groups attached to an aromatic ring is 1. The van der Waals surface area contributed by atoms with Crippen LogP contribution in [0, 0.1) is 0 Å². The number of oxime groups is 1. The average molecular weight is 553 g/mol. The first-order valence-electron chi connectivity index (χ1n) is 10.1. The van der Waals surface area contributed by atoms with Crippen molar-refractivity contribution in [2.45, 2.75) is 24.3 Å². The summed E-state index contributed by atoms with van der Waals surface area (Å²) in [6, 6.07) is -0.863. The van der Waals surface area contributed by atoms with Gasteiger partial charge in [0.05, 0.1) is 20.1 Å². The van der Waals surface area contributed by atoms with Gasteiger partial charge in [0.2, 0.25) is 0 Å². The fraction of sp³-hybridized carbons (Fsp3) is 0.526. The number of carbonyl (C=O) groups is 3. The Kier molecular flexibility index (Phi) is 9.22. The Hall–Kier alpha value is -2.06. The molecule has 15 heteroatoms. The zero-order valence-electron chi connectivity index (χ0n) is 18.5. The standard InChI is InChI=1S/C19H24N6O5S2.2ClH/c1-25(5-3-4-6-25)7-10-8-31-17-13(16(27)24(17)14(10)18(28)29)22-15(26)12(23-30-2)11-9-32-19(20)21-11;;/h9,13,17H,3-8H2,1-2H3,(H3-,20,21,22,26,28,29);2*1H/b23-12-;;/t13-,17-;;/m1../s1. The number of β-lactam (4-membered cyclic amide) rings is 1. The van der Waals surface area contributed by atoms with Crippen molar-refractivity contribution in [3.63, 3.8) is 0 Å². The van der Waals surface area contributed by atoms with Crippen LogP contribution in [0.5, 0.6) is 0 Å². The van der Waals surface area contributed by atoms with Gasteiger partial charge in [-0.2, -0.15) is 0 Å². The van der Waals surface area contributed by atoms with Crippen LogP contribution in [0.3, 0.4) is 0 Å². The zero-order valence-corrected chi connectivity index (χ0v) is 21.7. The van der Waals surface area contributed by atoms with E-state index in [2.05, 4.69) is 22.5 Å². The van der Waals surface area contributed by atoms with Crippen molar-refractivity contribution in [2.75, 3.05) is 45.3 Å². The summed E-state index contributed by atoms with van der Waals surface area (Å²) in [7, 11) is 3.42. The maximum atomic E-state index is 12.9. The quantitative estimate of drug-likeness (QED) is 0.145. The summed E-state index contributed by atoms with van der Waals surface area (Å²) in [5.74, 6) is -1.71. The molecule has 0 aromatic carbocycles. The van der Waals surface area contributed by atoms with Crippen LogP contribution in [0.15, 0.2) is 21.8 Å². The molecule has 0 radical (unpaired) electrons. The number of hydrogen-bond acceptors (Lipinski definition) is 9. The molecule has 188 valence electrons. The van der Waals surface area contributed by atoms with E-state index in [9.17, 15) is 19.5 Å². The van der Waals surface area contributed by atoms with Crippen molar-refractivity contribution in [1.82, 2.24) is 15.2 Å². The largest absolute Gasteiger partial charge is 1.00 e. The topological polar surface area (TPSA) is 147 Å². The van der Waals surface area contributed by atoms with Gasteiger partial charge < -0.3 is 37.9 Å². The van der Waals surface area contributed by atoms with E-state index in [1.807, 2.05) is 0 Å². The van der Waals surface area contributed by atoms with E-state index in [1.165, 1.54) is 23.8 Å². The molecule has 0 spiro atoms. The summed E-state index contributed by atoms with van der Waals surface area (Å²) in [5, 5.41) is 17.6. The summed E-state index contributed by atoms with van der Waals surface area (Å²) in [4.78, 5) is 47.9. The third-order valence-corrected chi connectivity index (χ3v) is 7.93. The fourth-order valence-corrected chi connectivity index (χ4v) is 6.31. The predicted octanol–water partition coefficient (Wildman–Crippen LogP) is -2.52. The number of carbonyl (C=O) groups excluding carboxylic acids is 2. The highest BCUT2D eigenvalue weighted by Crippen LogP contribution is 2.41. The summed E-state index contributed by atoms with van der Waals surface area (Å²) in [5.41, 5.74) is 6.59. The van der Waals surface area contributed by atoms with E-state index in [1.54, 1.807) is 5.38 Å². The second kappa shape index (κ2) is 11.1. The molecule has 4 heterocycles. The first kappa shape index (κ1) is 28.2. The van der Waals surface area contributed by atoms with Gasteiger partial charge in [0.15, 0.2) is 10.8 Å². The normalized spacial score (nSPS) is 23.3. The highest BCUT2D eigenvalue weighted by atomic mass is 35.5.